The molecule has 0 heterocycles. The quantitative estimate of drug-likeness (QED) is 0.230. The zero-order valence-electron chi connectivity index (χ0n) is 29.6. The Kier molecular flexibility index (Phi) is 13.7. The molecule has 38 heavy (non-hydrogen) atoms. The second kappa shape index (κ2) is 21.2. The lowest BCUT2D eigenvalue weighted by molar-refractivity contribution is -0.714. The Morgan fingerprint density at radius 2 is 1.47 bits per heavy atom. The molecule has 1 aromatic carbocycles. The maximum Gasteiger partial charge on any atom is 0.311 e. The number of terminal acetylenes is 2. The zero-order valence-corrected chi connectivity index (χ0v) is 21.2. The molecule has 0 bridgehead atoms. The zero-order chi connectivity index (χ0) is 38.6. The Hall–Kier alpha value is -5.14. The minimum atomic E-state index is -1.11. The number of amides is 1. The number of carboxylic acid groups (broad SMARTS) is 1. The normalized spacial score (nSPS) is 14.6. The number of aliphatic carboxylic acids is 1. The Bertz CT molecular complexity index is 1390. The molecule has 0 aliphatic heterocycles. The van der Waals surface area contributed by atoms with Gasteiger partial charge in [0.1, 0.15) is 11.9 Å². The predicted molar refractivity (Wildman–Crippen MR) is 169 cm³/mol. The van der Waals surface area contributed by atoms with Crippen LogP contribution in [0.1, 0.15) is 50.5 Å². The number of carboxylic acids is 1. The number of benzene rings is 1. The van der Waals surface area contributed by atoms with Gasteiger partial charge in [-0.05, 0) is 102 Å². The van der Waals surface area contributed by atoms with Crippen molar-refractivity contribution in [2.45, 2.75) is 25.7 Å². The second-order valence-electron chi connectivity index (χ2n) is 6.67. The molecule has 1 saturated carbocycles. The van der Waals surface area contributed by atoms with E-state index in [0.29, 0.717) is 23.6 Å². The Morgan fingerprint density at radius 1 is 1.03 bits per heavy atom. The van der Waals surface area contributed by atoms with Crippen molar-refractivity contribution in [3.05, 3.63) is 39.4 Å². The van der Waals surface area contributed by atoms with Gasteiger partial charge in [0.05, 0.1) is 11.8 Å². The molecule has 1 amide bonds. The predicted octanol–water partition coefficient (Wildman–Crippen LogP) is 6.74. The maximum absolute atomic E-state index is 12.2. The molecular formula is C28H42Cl2N2O6. The van der Waals surface area contributed by atoms with E-state index in [9.17, 15) is 9.59 Å². The summed E-state index contributed by atoms with van der Waals surface area (Å²) in [5, 5.41) is 20.2. The van der Waals surface area contributed by atoms with E-state index in [2.05, 4.69) is 92.6 Å². The van der Waals surface area contributed by atoms with Gasteiger partial charge < -0.3 is 10.4 Å². The van der Waals surface area contributed by atoms with E-state index in [1.165, 1.54) is 0 Å². The van der Waals surface area contributed by atoms with Gasteiger partial charge >= 0.3 is 11.1 Å². The summed E-state index contributed by atoms with van der Waals surface area (Å²) in [4.78, 5) is 32.2. The lowest BCUT2D eigenvalue weighted by atomic mass is 9.78. The molecule has 10 heteroatoms. The average Bonchev–Trinajstić information content (AvgIpc) is 3.14. The highest BCUT2D eigenvalue weighted by Crippen LogP contribution is 2.31. The highest BCUT2D eigenvalue weighted by atomic mass is 35.5. The molecule has 0 radical (unpaired) electrons. The third-order valence-corrected chi connectivity index (χ3v) is 4.62. The first-order valence-electron chi connectivity index (χ1n) is 15.4. The average molecular weight is 584 g/mol. The van der Waals surface area contributed by atoms with Gasteiger partial charge in [0, 0.05) is 35.5 Å². The van der Waals surface area contributed by atoms with Crippen molar-refractivity contribution in [3.63, 3.8) is 0 Å². The fourth-order valence-corrected chi connectivity index (χ4v) is 3.05. The van der Waals surface area contributed by atoms with E-state index in [-0.39, 0.29) is 15.9 Å². The van der Waals surface area contributed by atoms with Crippen LogP contribution in [0.5, 0.6) is 0 Å². The monoisotopic (exact) mass is 582 g/mol. The highest BCUT2D eigenvalue weighted by Gasteiger charge is 2.35. The van der Waals surface area contributed by atoms with Crippen molar-refractivity contribution in [1.29, 1.82) is 0 Å². The number of anilines is 1. The van der Waals surface area contributed by atoms with Crippen molar-refractivity contribution in [2.75, 3.05) is 5.32 Å². The van der Waals surface area contributed by atoms with Crippen LogP contribution in [0.4, 0.5) is 5.69 Å². The number of nitrogens with zero attached hydrogens (tertiary/aromatic N) is 1. The summed E-state index contributed by atoms with van der Waals surface area (Å²) in [6, 6.07) is 6.85. The van der Waals surface area contributed by atoms with Crippen molar-refractivity contribution < 1.29 is 49.0 Å². The third kappa shape index (κ3) is 16.5. The first-order chi connectivity index (χ1) is 23.3. The smallest absolute Gasteiger partial charge is 0.311 e. The van der Waals surface area contributed by atoms with Gasteiger partial charge in [0.2, 0.25) is 5.91 Å². The SMILES string of the molecule is C#CC#CC#CC#CC#CC#CC#C.O=C(O)C1CCCCC1C(=O)Nc1cccc(Cl)c1.O=[N+]([O-])OCl.[2H][2H].[2H][2H].[2H][2H].[2H][2H].[2H][2H].[HH].[HH].[HH].[HH].[HH].[HH].[HH]. The summed E-state index contributed by atoms with van der Waals surface area (Å²) in [5.41, 5.74) is 0.604. The van der Waals surface area contributed by atoms with Gasteiger partial charge in [-0.2, -0.15) is 4.39 Å². The molecule has 2 N–H and O–H groups in total. The molecule has 1 aromatic rings. The van der Waals surface area contributed by atoms with Gasteiger partial charge in [-0.25, -0.2) is 0 Å². The minimum absolute atomic E-state index is 0. The molecule has 0 spiro atoms. The van der Waals surface area contributed by atoms with E-state index in [1.54, 1.807) is 24.3 Å². The molecule has 1 aliphatic carbocycles. The van der Waals surface area contributed by atoms with Crippen LogP contribution in [-0.4, -0.2) is 22.1 Å². The van der Waals surface area contributed by atoms with Crippen molar-refractivity contribution >= 4 is 41.0 Å². The summed E-state index contributed by atoms with van der Waals surface area (Å²) in [6.07, 6.45) is 12.7. The van der Waals surface area contributed by atoms with Crippen LogP contribution >= 0.6 is 23.5 Å². The molecule has 2 rings (SSSR count). The molecule has 2 unspecified atom stereocenters. The number of carbonyl (C=O) groups is 2. The molecule has 0 saturated heterocycles. The van der Waals surface area contributed by atoms with Gasteiger partial charge in [-0.15, -0.1) is 23.0 Å². The number of halogens is 2. The Balaban J connectivity index is -0.0000000400. The van der Waals surface area contributed by atoms with Crippen LogP contribution in [0.2, 0.25) is 5.02 Å². The van der Waals surface area contributed by atoms with Crippen LogP contribution in [0.3, 0.4) is 0 Å². The molecule has 2 atom stereocenters. The van der Waals surface area contributed by atoms with E-state index < -0.39 is 22.9 Å². The molecule has 214 valence electrons. The maximum atomic E-state index is 12.2. The largest absolute Gasteiger partial charge is 0.481 e. The number of nitrogens with one attached hydrogen (secondary N) is 1. The summed E-state index contributed by atoms with van der Waals surface area (Å²) >= 11 is 9.99. The third-order valence-electron chi connectivity index (χ3n) is 4.28. The van der Waals surface area contributed by atoms with Crippen LogP contribution in [-0.2, 0) is 14.0 Å². The topological polar surface area (TPSA) is 119 Å². The van der Waals surface area contributed by atoms with Crippen LogP contribution in [0, 0.1) is 106 Å². The van der Waals surface area contributed by atoms with E-state index in [1.807, 2.05) is 0 Å². The van der Waals surface area contributed by atoms with Crippen LogP contribution < -0.4 is 5.32 Å². The summed E-state index contributed by atoms with van der Waals surface area (Å²) in [7, 11) is 0. The van der Waals surface area contributed by atoms with Gasteiger partial charge in [-0.3, -0.25) is 9.59 Å². The van der Waals surface area contributed by atoms with Crippen LogP contribution in [0.15, 0.2) is 24.3 Å². The minimum Gasteiger partial charge on any atom is -0.481 e. The second-order valence-corrected chi connectivity index (χ2v) is 7.24. The number of hydrogen-bond donors (Lipinski definition) is 2. The lowest BCUT2D eigenvalue weighted by Gasteiger charge is -2.27. The summed E-state index contributed by atoms with van der Waals surface area (Å²) in [5.74, 6) is 26.1. The molecule has 0 aromatic heterocycles. The lowest BCUT2D eigenvalue weighted by Crippen LogP contribution is -2.36. The Labute approximate surface area is 256 Å². The van der Waals surface area contributed by atoms with Crippen molar-refractivity contribution in [1.82, 2.24) is 0 Å². The van der Waals surface area contributed by atoms with E-state index in [4.69, 9.17) is 54.5 Å². The summed E-state index contributed by atoms with van der Waals surface area (Å²) < 4.78 is 52.9. The van der Waals surface area contributed by atoms with Gasteiger partial charge in [-0.1, -0.05) is 30.5 Å². The molecular weight excluding hydrogens is 531 g/mol. The number of hydrogen-bond acceptors (Lipinski definition) is 5. The number of carbonyl (C=O) groups excluding carboxylic acids is 1. The van der Waals surface area contributed by atoms with E-state index >= 15 is 0 Å². The van der Waals surface area contributed by atoms with Crippen molar-refractivity contribution in [2.24, 2.45) is 11.8 Å². The summed E-state index contributed by atoms with van der Waals surface area (Å²) in [6.45, 7) is 0. The highest BCUT2D eigenvalue weighted by molar-refractivity contribution is 6.30. The fourth-order valence-electron chi connectivity index (χ4n) is 2.86. The molecule has 8 nitrogen and oxygen atoms in total. The number of rotatable bonds is 4. The standard InChI is InChI=1S/C14H16ClNO3.C14H2.ClNO3.12H2/c15-9-4-3-5-10(8-9)16-13(17)11-6-1-2-7-12(11)14(18)19;1-3-5-7-9-11-13-14-12-10-8-6-4-2;1-5-2(3)4;;;;;;;;;;;;/h3-5,8,11-12H,1-2,6-7H2,(H,16,17)(H,18,19);1-2H;;12*1H/i;;;5*1+1D;;;;;;;. The van der Waals surface area contributed by atoms with Gasteiger partial charge in [0.15, 0.2) is 0 Å². The van der Waals surface area contributed by atoms with Gasteiger partial charge in [0.25, 0.3) is 0 Å². The Morgan fingerprint density at radius 3 is 1.87 bits per heavy atom. The first-order valence-corrected chi connectivity index (χ1v) is 11.1. The van der Waals surface area contributed by atoms with E-state index in [0.717, 1.165) is 12.8 Å². The fraction of sp³-hybridized carbons (Fsp3) is 0.214. The van der Waals surface area contributed by atoms with Crippen LogP contribution in [0.25, 0.3) is 0 Å². The molecule has 1 aliphatic rings. The first kappa shape index (κ1) is 24.5. The van der Waals surface area contributed by atoms with Crippen molar-refractivity contribution in [3.8, 4) is 83.9 Å². The molecule has 1 fully saturated rings.